The number of hydrogen-bond acceptors (Lipinski definition) is 4. The van der Waals surface area contributed by atoms with E-state index in [2.05, 4.69) is 9.47 Å². The van der Waals surface area contributed by atoms with Crippen molar-refractivity contribution in [1.82, 2.24) is 10.0 Å². The summed E-state index contributed by atoms with van der Waals surface area (Å²) in [4.78, 5) is 22.1. The van der Waals surface area contributed by atoms with E-state index in [-0.39, 0.29) is 0 Å². The molecule has 0 spiro atoms. The number of carbonyl (C=O) groups is 2. The van der Waals surface area contributed by atoms with Gasteiger partial charge >= 0.3 is 12.2 Å². The molecule has 0 bridgehead atoms. The van der Waals surface area contributed by atoms with E-state index >= 15 is 0 Å². The highest BCUT2D eigenvalue weighted by Crippen LogP contribution is 2.10. The minimum absolute atomic E-state index is 0.307. The first kappa shape index (κ1) is 9.37. The Hall–Kier alpha value is -1.72. The van der Waals surface area contributed by atoms with Crippen molar-refractivity contribution in [2.24, 2.45) is 0 Å². The molecule has 0 atom stereocenters. The van der Waals surface area contributed by atoms with Crippen LogP contribution in [0.4, 0.5) is 9.59 Å². The van der Waals surface area contributed by atoms with Crippen LogP contribution in [0.5, 0.6) is 0 Å². The van der Waals surface area contributed by atoms with Crippen LogP contribution in [0.15, 0.2) is 12.3 Å². The van der Waals surface area contributed by atoms with E-state index < -0.39 is 12.2 Å². The zero-order valence-corrected chi connectivity index (χ0v) is 7.39. The summed E-state index contributed by atoms with van der Waals surface area (Å²) in [6, 6.07) is 0. The normalized spacial score (nSPS) is 14.6. The SMILES string of the molecule is COC(=O)N1C=CCN1C(=O)OC. The topological polar surface area (TPSA) is 59.1 Å². The summed E-state index contributed by atoms with van der Waals surface area (Å²) in [5, 5.41) is 2.16. The first-order valence-corrected chi connectivity index (χ1v) is 3.60. The third-order valence-electron chi connectivity index (χ3n) is 1.53. The lowest BCUT2D eigenvalue weighted by atomic mass is 10.6. The van der Waals surface area contributed by atoms with Gasteiger partial charge in [0, 0.05) is 6.20 Å². The quantitative estimate of drug-likeness (QED) is 0.554. The molecule has 0 saturated heterocycles. The molecule has 0 aromatic heterocycles. The largest absolute Gasteiger partial charge is 0.451 e. The molecule has 1 heterocycles. The molecule has 0 unspecified atom stereocenters. The van der Waals surface area contributed by atoms with Crippen LogP contribution in [0, 0.1) is 0 Å². The van der Waals surface area contributed by atoms with E-state index in [0.29, 0.717) is 6.54 Å². The predicted octanol–water partition coefficient (Wildman–Crippen LogP) is 0.566. The Morgan fingerprint density at radius 2 is 1.85 bits per heavy atom. The highest BCUT2D eigenvalue weighted by Gasteiger charge is 2.28. The van der Waals surface area contributed by atoms with Gasteiger partial charge in [0.15, 0.2) is 0 Å². The van der Waals surface area contributed by atoms with Crippen LogP contribution in [-0.2, 0) is 9.47 Å². The number of carbonyl (C=O) groups excluding carboxylic acids is 2. The maximum atomic E-state index is 11.1. The highest BCUT2D eigenvalue weighted by atomic mass is 16.6. The molecule has 0 N–H and O–H groups in total. The van der Waals surface area contributed by atoms with E-state index in [0.717, 1.165) is 10.0 Å². The van der Waals surface area contributed by atoms with E-state index in [4.69, 9.17) is 0 Å². The van der Waals surface area contributed by atoms with Crippen molar-refractivity contribution in [2.75, 3.05) is 20.8 Å². The average molecular weight is 186 g/mol. The molecule has 1 aliphatic heterocycles. The number of amides is 2. The first-order valence-electron chi connectivity index (χ1n) is 3.60. The number of rotatable bonds is 0. The summed E-state index contributed by atoms with van der Waals surface area (Å²) < 4.78 is 8.90. The molecule has 2 amide bonds. The molecule has 72 valence electrons. The highest BCUT2D eigenvalue weighted by molar-refractivity contribution is 5.75. The van der Waals surface area contributed by atoms with Crippen LogP contribution in [0.1, 0.15) is 0 Å². The molecule has 0 aromatic carbocycles. The molecule has 0 radical (unpaired) electrons. The van der Waals surface area contributed by atoms with Crippen molar-refractivity contribution >= 4 is 12.2 Å². The summed E-state index contributed by atoms with van der Waals surface area (Å²) in [5.74, 6) is 0. The van der Waals surface area contributed by atoms with Crippen LogP contribution in [-0.4, -0.2) is 43.0 Å². The van der Waals surface area contributed by atoms with E-state index in [9.17, 15) is 9.59 Å². The lowest BCUT2D eigenvalue weighted by molar-refractivity contribution is 0.0329. The van der Waals surface area contributed by atoms with Crippen LogP contribution >= 0.6 is 0 Å². The van der Waals surface area contributed by atoms with Gasteiger partial charge in [-0.25, -0.2) is 14.6 Å². The van der Waals surface area contributed by atoms with Gasteiger partial charge in [-0.2, -0.15) is 5.01 Å². The summed E-state index contributed by atoms with van der Waals surface area (Å²) in [6.45, 7) is 0.307. The number of methoxy groups -OCH3 is 2. The van der Waals surface area contributed by atoms with Crippen LogP contribution in [0.3, 0.4) is 0 Å². The standard InChI is InChI=1S/C7H10N2O4/c1-12-6(10)8-4-3-5-9(8)7(11)13-2/h3-4H,5H2,1-2H3. The number of nitrogens with zero attached hydrogens (tertiary/aromatic N) is 2. The van der Waals surface area contributed by atoms with Crippen molar-refractivity contribution in [3.63, 3.8) is 0 Å². The molecule has 6 nitrogen and oxygen atoms in total. The third-order valence-corrected chi connectivity index (χ3v) is 1.53. The van der Waals surface area contributed by atoms with Crippen molar-refractivity contribution in [3.05, 3.63) is 12.3 Å². The monoisotopic (exact) mass is 186 g/mol. The van der Waals surface area contributed by atoms with Gasteiger partial charge in [-0.05, 0) is 6.08 Å². The second kappa shape index (κ2) is 3.79. The van der Waals surface area contributed by atoms with Gasteiger partial charge in [-0.1, -0.05) is 0 Å². The van der Waals surface area contributed by atoms with Crippen molar-refractivity contribution in [1.29, 1.82) is 0 Å². The van der Waals surface area contributed by atoms with Gasteiger partial charge in [0.2, 0.25) is 0 Å². The zero-order chi connectivity index (χ0) is 9.84. The van der Waals surface area contributed by atoms with Crippen LogP contribution in [0.25, 0.3) is 0 Å². The molecule has 1 rings (SSSR count). The van der Waals surface area contributed by atoms with Gasteiger partial charge in [0.05, 0.1) is 20.8 Å². The van der Waals surface area contributed by atoms with Crippen molar-refractivity contribution < 1.29 is 19.1 Å². The molecule has 0 fully saturated rings. The van der Waals surface area contributed by atoms with Crippen molar-refractivity contribution in [3.8, 4) is 0 Å². The van der Waals surface area contributed by atoms with Gasteiger partial charge in [0.1, 0.15) is 0 Å². The van der Waals surface area contributed by atoms with Gasteiger partial charge in [0.25, 0.3) is 0 Å². The summed E-state index contributed by atoms with van der Waals surface area (Å²) in [6.07, 6.45) is 1.87. The molecule has 0 saturated carbocycles. The molecule has 0 aliphatic carbocycles. The molecule has 0 aromatic rings. The molecular formula is C7H10N2O4. The zero-order valence-electron chi connectivity index (χ0n) is 7.39. The molecular weight excluding hydrogens is 176 g/mol. The van der Waals surface area contributed by atoms with Gasteiger partial charge < -0.3 is 9.47 Å². The Morgan fingerprint density at radius 3 is 2.38 bits per heavy atom. The molecule has 13 heavy (non-hydrogen) atoms. The second-order valence-corrected chi connectivity index (χ2v) is 2.25. The van der Waals surface area contributed by atoms with E-state index in [1.165, 1.54) is 20.4 Å². The number of ether oxygens (including phenoxy) is 2. The molecule has 1 aliphatic rings. The predicted molar refractivity (Wildman–Crippen MR) is 42.5 cm³/mol. The first-order chi connectivity index (χ1) is 6.20. The fourth-order valence-electron chi connectivity index (χ4n) is 0.936. The summed E-state index contributed by atoms with van der Waals surface area (Å²) >= 11 is 0. The third kappa shape index (κ3) is 1.71. The minimum atomic E-state index is -0.626. The maximum Gasteiger partial charge on any atom is 0.432 e. The van der Waals surface area contributed by atoms with Gasteiger partial charge in [-0.15, -0.1) is 0 Å². The fraction of sp³-hybridized carbons (Fsp3) is 0.429. The maximum absolute atomic E-state index is 11.1. The Balaban J connectivity index is 2.67. The minimum Gasteiger partial charge on any atom is -0.451 e. The second-order valence-electron chi connectivity index (χ2n) is 2.25. The summed E-state index contributed by atoms with van der Waals surface area (Å²) in [7, 11) is 2.49. The fourth-order valence-corrected chi connectivity index (χ4v) is 0.936. The number of hydrogen-bond donors (Lipinski definition) is 0. The van der Waals surface area contributed by atoms with E-state index in [1.54, 1.807) is 6.08 Å². The van der Waals surface area contributed by atoms with Gasteiger partial charge in [-0.3, -0.25) is 0 Å². The summed E-state index contributed by atoms with van der Waals surface area (Å²) in [5.41, 5.74) is 0. The Kier molecular flexibility index (Phi) is 2.73. The van der Waals surface area contributed by atoms with Crippen LogP contribution < -0.4 is 0 Å². The Labute approximate surface area is 75.3 Å². The van der Waals surface area contributed by atoms with Crippen LogP contribution in [0.2, 0.25) is 0 Å². The molecule has 6 heteroatoms. The Morgan fingerprint density at radius 1 is 1.23 bits per heavy atom. The lowest BCUT2D eigenvalue weighted by Crippen LogP contribution is -2.43. The number of hydrazine groups is 1. The van der Waals surface area contributed by atoms with E-state index in [1.807, 2.05) is 0 Å². The average Bonchev–Trinajstić information content (AvgIpc) is 2.63. The lowest BCUT2D eigenvalue weighted by Gasteiger charge is -2.23. The Bertz CT molecular complexity index is 251. The smallest absolute Gasteiger partial charge is 0.432 e. The van der Waals surface area contributed by atoms with Crippen molar-refractivity contribution in [2.45, 2.75) is 0 Å².